The van der Waals surface area contributed by atoms with Crippen molar-refractivity contribution in [3.05, 3.63) is 0 Å². The van der Waals surface area contributed by atoms with Crippen LogP contribution in [0.4, 0.5) is 0 Å². The molecule has 0 radical (unpaired) electrons. The average Bonchev–Trinajstić information content (AvgIpc) is 3.36. The number of nitrogens with one attached hydrogen (secondary N) is 2. The van der Waals surface area contributed by atoms with Crippen molar-refractivity contribution in [1.29, 1.82) is 0 Å². The van der Waals surface area contributed by atoms with Crippen LogP contribution in [0.25, 0.3) is 0 Å². The maximum absolute atomic E-state index is 5.98. The molecule has 0 aromatic heterocycles. The molecule has 2 fully saturated rings. The van der Waals surface area contributed by atoms with E-state index in [9.17, 15) is 0 Å². The summed E-state index contributed by atoms with van der Waals surface area (Å²) in [6.07, 6.45) is 10.4. The molecule has 1 aliphatic carbocycles. The summed E-state index contributed by atoms with van der Waals surface area (Å²) in [6.45, 7) is 7.04. The van der Waals surface area contributed by atoms with Crippen molar-refractivity contribution >= 4 is 5.96 Å². The average molecular weight is 370 g/mol. The van der Waals surface area contributed by atoms with Gasteiger partial charge < -0.3 is 24.8 Å². The predicted molar refractivity (Wildman–Crippen MR) is 106 cm³/mol. The fourth-order valence-electron chi connectivity index (χ4n) is 3.92. The Labute approximate surface area is 159 Å². The molecule has 2 atom stereocenters. The lowest BCUT2D eigenvalue weighted by Gasteiger charge is -2.24. The number of guanidine groups is 1. The molecule has 0 bridgehead atoms. The Morgan fingerprint density at radius 3 is 2.65 bits per heavy atom. The third-order valence-corrected chi connectivity index (χ3v) is 5.34. The van der Waals surface area contributed by atoms with Crippen LogP contribution >= 0.6 is 0 Å². The minimum absolute atomic E-state index is 0.315. The Bertz CT molecular complexity index is 380. The van der Waals surface area contributed by atoms with Crippen molar-refractivity contribution in [3.8, 4) is 0 Å². The van der Waals surface area contributed by atoms with Crippen molar-refractivity contribution in [2.45, 2.75) is 70.5 Å². The molecule has 2 N–H and O–H groups in total. The van der Waals surface area contributed by atoms with Gasteiger partial charge in [-0.15, -0.1) is 0 Å². The van der Waals surface area contributed by atoms with Crippen LogP contribution in [0.1, 0.15) is 58.3 Å². The van der Waals surface area contributed by atoms with Gasteiger partial charge in [0.1, 0.15) is 0 Å². The molecule has 1 saturated carbocycles. The van der Waals surface area contributed by atoms with Gasteiger partial charge in [0.25, 0.3) is 0 Å². The van der Waals surface area contributed by atoms with E-state index in [2.05, 4.69) is 22.5 Å². The highest BCUT2D eigenvalue weighted by molar-refractivity contribution is 5.79. The summed E-state index contributed by atoms with van der Waals surface area (Å²) in [5.74, 6) is 1.61. The molecule has 152 valence electrons. The molecule has 2 unspecified atom stereocenters. The molecule has 0 aromatic carbocycles. The SMILES string of the molecule is CCOC(CCNC(=NC)NCCCOCC1CCCO1)C1CCCC1. The number of ether oxygens (including phenoxy) is 3. The van der Waals surface area contributed by atoms with E-state index < -0.39 is 0 Å². The summed E-state index contributed by atoms with van der Waals surface area (Å²) in [5.41, 5.74) is 0. The summed E-state index contributed by atoms with van der Waals surface area (Å²) in [7, 11) is 1.82. The molecule has 0 spiro atoms. The van der Waals surface area contributed by atoms with Gasteiger partial charge in [-0.3, -0.25) is 4.99 Å². The highest BCUT2D eigenvalue weighted by atomic mass is 16.5. The van der Waals surface area contributed by atoms with Crippen molar-refractivity contribution in [3.63, 3.8) is 0 Å². The van der Waals surface area contributed by atoms with Crippen LogP contribution in [0.15, 0.2) is 4.99 Å². The first-order chi connectivity index (χ1) is 12.8. The van der Waals surface area contributed by atoms with Crippen molar-refractivity contribution in [2.24, 2.45) is 10.9 Å². The second-order valence-corrected chi connectivity index (χ2v) is 7.32. The minimum atomic E-state index is 0.315. The van der Waals surface area contributed by atoms with E-state index >= 15 is 0 Å². The van der Waals surface area contributed by atoms with Gasteiger partial charge in [0, 0.05) is 40.0 Å². The zero-order valence-electron chi connectivity index (χ0n) is 16.8. The third kappa shape index (κ3) is 8.23. The lowest BCUT2D eigenvalue weighted by atomic mass is 9.98. The van der Waals surface area contributed by atoms with Crippen LogP contribution in [-0.2, 0) is 14.2 Å². The molecule has 0 aromatic rings. The number of rotatable bonds is 12. The molecule has 2 rings (SSSR count). The molecule has 6 nitrogen and oxygen atoms in total. The first kappa shape index (κ1) is 21.5. The standard InChI is InChI=1S/C20H39N3O3/c1-3-25-19(17-8-4-5-9-17)11-13-23-20(21-2)22-12-7-14-24-16-18-10-6-15-26-18/h17-19H,3-16H2,1-2H3,(H2,21,22,23). The van der Waals surface area contributed by atoms with Crippen LogP contribution in [0.5, 0.6) is 0 Å². The highest BCUT2D eigenvalue weighted by Crippen LogP contribution is 2.30. The van der Waals surface area contributed by atoms with E-state index in [0.717, 1.165) is 70.7 Å². The fourth-order valence-corrected chi connectivity index (χ4v) is 3.92. The quantitative estimate of drug-likeness (QED) is 0.315. The monoisotopic (exact) mass is 369 g/mol. The fraction of sp³-hybridized carbons (Fsp3) is 0.950. The summed E-state index contributed by atoms with van der Waals surface area (Å²) < 4.78 is 17.2. The Hall–Kier alpha value is -0.850. The topological polar surface area (TPSA) is 64.1 Å². The normalized spacial score (nSPS) is 22.7. The van der Waals surface area contributed by atoms with E-state index in [4.69, 9.17) is 14.2 Å². The molecule has 1 aliphatic heterocycles. The second kappa shape index (κ2) is 13.3. The van der Waals surface area contributed by atoms with E-state index in [1.807, 2.05) is 7.05 Å². The first-order valence-corrected chi connectivity index (χ1v) is 10.6. The van der Waals surface area contributed by atoms with Gasteiger partial charge in [-0.05, 0) is 51.4 Å². The Kier molecular flexibility index (Phi) is 11.0. The van der Waals surface area contributed by atoms with Gasteiger partial charge in [-0.25, -0.2) is 0 Å². The number of nitrogens with zero attached hydrogens (tertiary/aromatic N) is 1. The van der Waals surface area contributed by atoms with Crippen molar-refractivity contribution in [2.75, 3.05) is 46.6 Å². The van der Waals surface area contributed by atoms with Crippen LogP contribution in [0, 0.1) is 5.92 Å². The van der Waals surface area contributed by atoms with Crippen LogP contribution < -0.4 is 10.6 Å². The molecule has 2 aliphatic rings. The summed E-state index contributed by atoms with van der Waals surface area (Å²) in [6, 6.07) is 0. The summed E-state index contributed by atoms with van der Waals surface area (Å²) in [5, 5.41) is 6.78. The van der Waals surface area contributed by atoms with Crippen LogP contribution in [-0.4, -0.2) is 64.7 Å². The molecule has 1 saturated heterocycles. The van der Waals surface area contributed by atoms with Crippen molar-refractivity contribution < 1.29 is 14.2 Å². The lowest BCUT2D eigenvalue weighted by molar-refractivity contribution is 0.0166. The number of hydrogen-bond donors (Lipinski definition) is 2. The molecule has 26 heavy (non-hydrogen) atoms. The largest absolute Gasteiger partial charge is 0.379 e. The van der Waals surface area contributed by atoms with Gasteiger partial charge in [0.05, 0.1) is 18.8 Å². The van der Waals surface area contributed by atoms with E-state index in [1.165, 1.54) is 32.1 Å². The lowest BCUT2D eigenvalue weighted by Crippen LogP contribution is -2.40. The van der Waals surface area contributed by atoms with E-state index in [0.29, 0.717) is 12.2 Å². The van der Waals surface area contributed by atoms with Gasteiger partial charge in [0.2, 0.25) is 0 Å². The minimum Gasteiger partial charge on any atom is -0.379 e. The van der Waals surface area contributed by atoms with Crippen LogP contribution in [0.2, 0.25) is 0 Å². The van der Waals surface area contributed by atoms with Gasteiger partial charge in [-0.1, -0.05) is 12.8 Å². The molecular formula is C20H39N3O3. The van der Waals surface area contributed by atoms with E-state index in [1.54, 1.807) is 0 Å². The highest BCUT2D eigenvalue weighted by Gasteiger charge is 2.25. The van der Waals surface area contributed by atoms with Gasteiger partial charge in [-0.2, -0.15) is 0 Å². The first-order valence-electron chi connectivity index (χ1n) is 10.6. The zero-order valence-corrected chi connectivity index (χ0v) is 16.8. The van der Waals surface area contributed by atoms with Gasteiger partial charge >= 0.3 is 0 Å². The van der Waals surface area contributed by atoms with Crippen LogP contribution in [0.3, 0.4) is 0 Å². The number of hydrogen-bond acceptors (Lipinski definition) is 4. The van der Waals surface area contributed by atoms with E-state index in [-0.39, 0.29) is 0 Å². The molecule has 1 heterocycles. The summed E-state index contributed by atoms with van der Waals surface area (Å²) in [4.78, 5) is 4.30. The maximum atomic E-state index is 5.98. The Balaban J connectivity index is 1.51. The Morgan fingerprint density at radius 1 is 1.15 bits per heavy atom. The smallest absolute Gasteiger partial charge is 0.190 e. The maximum Gasteiger partial charge on any atom is 0.190 e. The predicted octanol–water partition coefficient (Wildman–Crippen LogP) is 2.72. The zero-order chi connectivity index (χ0) is 18.5. The summed E-state index contributed by atoms with van der Waals surface area (Å²) >= 11 is 0. The molecular weight excluding hydrogens is 330 g/mol. The number of aliphatic imine (C=N–C) groups is 1. The third-order valence-electron chi connectivity index (χ3n) is 5.34. The van der Waals surface area contributed by atoms with Crippen molar-refractivity contribution in [1.82, 2.24) is 10.6 Å². The Morgan fingerprint density at radius 2 is 1.96 bits per heavy atom. The second-order valence-electron chi connectivity index (χ2n) is 7.32. The molecule has 0 amide bonds. The molecule has 6 heteroatoms. The van der Waals surface area contributed by atoms with Gasteiger partial charge in [0.15, 0.2) is 5.96 Å².